The lowest BCUT2D eigenvalue weighted by atomic mass is 9.66. The van der Waals surface area contributed by atoms with Gasteiger partial charge in [0.15, 0.2) is 0 Å². The highest BCUT2D eigenvalue weighted by molar-refractivity contribution is 7.89. The van der Waals surface area contributed by atoms with E-state index >= 15 is 0 Å². The molecule has 4 aromatic rings. The normalized spacial score (nSPS) is 20.0. The maximum Gasteiger partial charge on any atom is 0.416 e. The van der Waals surface area contributed by atoms with Crippen molar-refractivity contribution in [2.75, 3.05) is 13.1 Å². The standard InChI is InChI=1S/C34H35F3N3OS/c1-32(2,3)26-11-15-30(16-12-26)42(41)39-18-17-28-19-31-25(21-33(28,23-39)20-24-7-5-4-6-8-24)22-38-40(31)29-13-9-27(10-14-29)34(35,36)37/h4-16,19,22,41H,17-18,20-21,23H2,1-3H3/q+1. The maximum absolute atomic E-state index is 13.2. The van der Waals surface area contributed by atoms with Crippen LogP contribution in [0.3, 0.4) is 0 Å². The number of piperidine rings is 1. The summed E-state index contributed by atoms with van der Waals surface area (Å²) in [5.74, 6) is 0. The van der Waals surface area contributed by atoms with Crippen LogP contribution in [0, 0.1) is 5.41 Å². The third kappa shape index (κ3) is 5.55. The van der Waals surface area contributed by atoms with Gasteiger partial charge in [-0.05, 0) is 83.8 Å². The van der Waals surface area contributed by atoms with Gasteiger partial charge in [0.05, 0.1) is 36.2 Å². The Morgan fingerprint density at radius 2 is 1.57 bits per heavy atom. The summed E-state index contributed by atoms with van der Waals surface area (Å²) in [5.41, 5.74) is 5.47. The van der Waals surface area contributed by atoms with Gasteiger partial charge in [-0.2, -0.15) is 22.8 Å². The van der Waals surface area contributed by atoms with Crippen LogP contribution >= 0.6 is 0 Å². The van der Waals surface area contributed by atoms with Crippen molar-refractivity contribution in [1.82, 2.24) is 14.1 Å². The van der Waals surface area contributed by atoms with Gasteiger partial charge < -0.3 is 0 Å². The largest absolute Gasteiger partial charge is 0.416 e. The van der Waals surface area contributed by atoms with Crippen LogP contribution in [0.4, 0.5) is 13.2 Å². The fourth-order valence-corrected chi connectivity index (χ4v) is 7.54. The molecule has 1 aromatic heterocycles. The summed E-state index contributed by atoms with van der Waals surface area (Å²) >= 11 is -1.05. The smallest absolute Gasteiger partial charge is 0.233 e. The van der Waals surface area contributed by atoms with Crippen LogP contribution in [0.1, 0.15) is 55.1 Å². The van der Waals surface area contributed by atoms with E-state index in [1.165, 1.54) is 28.8 Å². The van der Waals surface area contributed by atoms with Crippen molar-refractivity contribution in [3.63, 3.8) is 0 Å². The number of fused-ring (bicyclic) bond motifs is 2. The Kier molecular flexibility index (Phi) is 7.36. The number of rotatable bonds is 5. The van der Waals surface area contributed by atoms with Crippen LogP contribution in [-0.4, -0.2) is 31.7 Å². The van der Waals surface area contributed by atoms with Crippen molar-refractivity contribution in [3.8, 4) is 5.69 Å². The molecule has 4 nitrogen and oxygen atoms in total. The molecule has 2 aliphatic rings. The van der Waals surface area contributed by atoms with E-state index in [4.69, 9.17) is 0 Å². The Morgan fingerprint density at radius 3 is 2.21 bits per heavy atom. The molecule has 8 heteroatoms. The highest BCUT2D eigenvalue weighted by Gasteiger charge is 2.48. The van der Waals surface area contributed by atoms with E-state index < -0.39 is 23.1 Å². The Balaban J connectivity index is 1.33. The molecule has 1 aliphatic heterocycles. The molecule has 1 fully saturated rings. The number of nitrogens with zero attached hydrogens (tertiary/aromatic N) is 3. The molecule has 2 heterocycles. The third-order valence-corrected chi connectivity index (χ3v) is 10.0. The second-order valence-electron chi connectivity index (χ2n) is 12.5. The molecule has 2 atom stereocenters. The molecule has 3 aromatic carbocycles. The average Bonchev–Trinajstić information content (AvgIpc) is 3.37. The van der Waals surface area contributed by atoms with Crippen LogP contribution in [0.15, 0.2) is 95.5 Å². The van der Waals surface area contributed by atoms with Gasteiger partial charge in [0, 0.05) is 5.41 Å². The van der Waals surface area contributed by atoms with Gasteiger partial charge in [-0.3, -0.25) is 0 Å². The first-order chi connectivity index (χ1) is 19.9. The number of alkyl halides is 3. The minimum Gasteiger partial charge on any atom is -0.233 e. The predicted molar refractivity (Wildman–Crippen MR) is 162 cm³/mol. The second kappa shape index (κ2) is 10.7. The van der Waals surface area contributed by atoms with E-state index in [9.17, 15) is 17.7 Å². The van der Waals surface area contributed by atoms with E-state index in [1.807, 2.05) is 24.4 Å². The molecular weight excluding hydrogens is 555 g/mol. The number of benzene rings is 3. The summed E-state index contributed by atoms with van der Waals surface area (Å²) in [6.45, 7) is 7.96. The van der Waals surface area contributed by atoms with E-state index in [1.54, 1.807) is 4.68 Å². The van der Waals surface area contributed by atoms with Gasteiger partial charge in [-0.15, -0.1) is 0 Å². The number of hydrogen-bond acceptors (Lipinski definition) is 3. The summed E-state index contributed by atoms with van der Waals surface area (Å²) in [6.07, 6.45) is 2.00. The van der Waals surface area contributed by atoms with Gasteiger partial charge in [0.2, 0.25) is 4.90 Å². The van der Waals surface area contributed by atoms with E-state index in [-0.39, 0.29) is 10.8 Å². The predicted octanol–water partition coefficient (Wildman–Crippen LogP) is 8.13. The van der Waals surface area contributed by atoms with Crippen molar-refractivity contribution >= 4 is 17.4 Å². The maximum atomic E-state index is 13.2. The Labute approximate surface area is 248 Å². The van der Waals surface area contributed by atoms with Crippen molar-refractivity contribution in [3.05, 3.63) is 119 Å². The van der Waals surface area contributed by atoms with Crippen LogP contribution in [0.5, 0.6) is 0 Å². The SMILES string of the molecule is CC(C)(C)c1ccc([S+](O)N2CCC3=Cc4c(cnn4-c4ccc(C(F)(F)F)cc4)CC3(Cc3ccccc3)C2)cc1. The van der Waals surface area contributed by atoms with Crippen molar-refractivity contribution in [2.45, 2.75) is 56.5 Å². The third-order valence-electron chi connectivity index (χ3n) is 8.52. The Bertz CT molecular complexity index is 1590. The zero-order valence-electron chi connectivity index (χ0n) is 24.0. The van der Waals surface area contributed by atoms with Gasteiger partial charge in [0.1, 0.15) is 0 Å². The first-order valence-corrected chi connectivity index (χ1v) is 15.4. The van der Waals surface area contributed by atoms with Gasteiger partial charge in [-0.25, -0.2) is 4.68 Å². The second-order valence-corrected chi connectivity index (χ2v) is 14.0. The molecule has 1 N–H and O–H groups in total. The highest BCUT2D eigenvalue weighted by atomic mass is 32.2. The van der Waals surface area contributed by atoms with Crippen LogP contribution in [-0.2, 0) is 35.8 Å². The molecule has 0 bridgehead atoms. The summed E-state index contributed by atoms with van der Waals surface area (Å²) in [5, 5.41) is 4.62. The molecule has 0 spiro atoms. The average molecular weight is 591 g/mol. The summed E-state index contributed by atoms with van der Waals surface area (Å²) < 4.78 is 55.0. The molecule has 0 saturated carbocycles. The van der Waals surface area contributed by atoms with Crippen LogP contribution in [0.2, 0.25) is 0 Å². The van der Waals surface area contributed by atoms with Gasteiger partial charge in [-0.1, -0.05) is 73.1 Å². The zero-order chi connectivity index (χ0) is 29.7. The first kappa shape index (κ1) is 28.8. The molecule has 218 valence electrons. The summed E-state index contributed by atoms with van der Waals surface area (Å²) in [6, 6.07) is 23.9. The zero-order valence-corrected chi connectivity index (χ0v) is 24.8. The fraction of sp³-hybridized carbons (Fsp3) is 0.324. The quantitative estimate of drug-likeness (QED) is 0.239. The number of halogens is 3. The Morgan fingerprint density at radius 1 is 0.905 bits per heavy atom. The lowest BCUT2D eigenvalue weighted by molar-refractivity contribution is -0.137. The molecule has 1 aliphatic carbocycles. The highest BCUT2D eigenvalue weighted by Crippen LogP contribution is 2.47. The number of hydrogen-bond donors (Lipinski definition) is 1. The minimum absolute atomic E-state index is 0.0434. The Hall–Kier alpha value is -3.33. The molecule has 2 unspecified atom stereocenters. The molecular formula is C34H35F3N3OS+. The molecule has 0 radical (unpaired) electrons. The fourth-order valence-electron chi connectivity index (χ4n) is 6.22. The van der Waals surface area contributed by atoms with Crippen molar-refractivity contribution < 1.29 is 17.7 Å². The molecule has 1 saturated heterocycles. The van der Waals surface area contributed by atoms with E-state index in [0.29, 0.717) is 18.8 Å². The summed E-state index contributed by atoms with van der Waals surface area (Å²) in [4.78, 5) is 0.914. The van der Waals surface area contributed by atoms with Gasteiger partial charge >= 0.3 is 6.18 Å². The first-order valence-electron chi connectivity index (χ1n) is 14.2. The lowest BCUT2D eigenvalue weighted by Gasteiger charge is -2.44. The lowest BCUT2D eigenvalue weighted by Crippen LogP contribution is -2.50. The number of aromatic nitrogens is 2. The monoisotopic (exact) mass is 590 g/mol. The molecule has 6 rings (SSSR count). The minimum atomic E-state index is -4.38. The summed E-state index contributed by atoms with van der Waals surface area (Å²) in [7, 11) is 0. The van der Waals surface area contributed by atoms with Crippen molar-refractivity contribution in [1.29, 1.82) is 0 Å². The van der Waals surface area contributed by atoms with Gasteiger partial charge in [0.25, 0.3) is 11.4 Å². The van der Waals surface area contributed by atoms with Crippen LogP contribution < -0.4 is 0 Å². The topological polar surface area (TPSA) is 41.3 Å². The van der Waals surface area contributed by atoms with Crippen LogP contribution in [0.25, 0.3) is 11.8 Å². The molecule has 42 heavy (non-hydrogen) atoms. The van der Waals surface area contributed by atoms with E-state index in [2.05, 4.69) is 72.6 Å². The van der Waals surface area contributed by atoms with E-state index in [0.717, 1.165) is 47.5 Å². The molecule has 0 amide bonds. The van der Waals surface area contributed by atoms with Crippen molar-refractivity contribution in [2.24, 2.45) is 5.41 Å².